The second-order valence-electron chi connectivity index (χ2n) is 6.27. The Kier molecular flexibility index (Phi) is 5.53. The lowest BCUT2D eigenvalue weighted by Gasteiger charge is -2.11. The molecule has 0 atom stereocenters. The van der Waals surface area contributed by atoms with E-state index in [0.29, 0.717) is 23.4 Å². The second kappa shape index (κ2) is 7.81. The molecule has 3 heterocycles. The number of carbonyl (C=O) groups excluding carboxylic acids is 1. The number of nitrogens with two attached hydrogens (primary N) is 1. The number of nitrogens with zero attached hydrogens (tertiary/aromatic N) is 5. The summed E-state index contributed by atoms with van der Waals surface area (Å²) in [5.41, 5.74) is 2.27. The van der Waals surface area contributed by atoms with Gasteiger partial charge in [-0.1, -0.05) is 6.07 Å². The molecule has 0 radical (unpaired) electrons. The van der Waals surface area contributed by atoms with Crippen LogP contribution in [0.15, 0.2) is 36.8 Å². The van der Waals surface area contributed by atoms with Crippen LogP contribution in [0.2, 0.25) is 0 Å². The van der Waals surface area contributed by atoms with Gasteiger partial charge in [-0.15, -0.1) is 5.10 Å². The van der Waals surface area contributed by atoms with Crippen LogP contribution in [0.5, 0.6) is 0 Å². The highest BCUT2D eigenvalue weighted by Crippen LogP contribution is 2.35. The first kappa shape index (κ1) is 21.9. The molecule has 0 unspecified atom stereocenters. The molecule has 7 nitrogen and oxygen atoms in total. The zero-order valence-corrected chi connectivity index (χ0v) is 15.5. The molecule has 31 heavy (non-hydrogen) atoms. The number of halogens is 6. The SMILES string of the molecule is Cc1ccc(/C(=C\n2cnc(-c3cc(C(F)(F)F)nc(C(F)(F)F)c3)n2)C(N)=O)cn1. The van der Waals surface area contributed by atoms with Crippen molar-refractivity contribution in [1.82, 2.24) is 24.7 Å². The van der Waals surface area contributed by atoms with Crippen molar-refractivity contribution in [2.45, 2.75) is 19.3 Å². The highest BCUT2D eigenvalue weighted by atomic mass is 19.4. The standard InChI is InChI=1S/C18H12F6N6O/c1-9-2-3-10(6-26-9)12(15(25)31)7-30-8-27-16(29-30)11-4-13(17(19,20)21)28-14(5-11)18(22,23)24/h2-8H,1H3,(H2,25,31)/b12-7+. The van der Waals surface area contributed by atoms with Crippen molar-refractivity contribution in [2.75, 3.05) is 0 Å². The molecular formula is C18H12F6N6O. The molecular weight excluding hydrogens is 430 g/mol. The normalized spacial score (nSPS) is 12.8. The average molecular weight is 442 g/mol. The minimum atomic E-state index is -5.12. The van der Waals surface area contributed by atoms with Gasteiger partial charge < -0.3 is 5.73 Å². The lowest BCUT2D eigenvalue weighted by atomic mass is 10.1. The minimum absolute atomic E-state index is 0.0503. The van der Waals surface area contributed by atoms with Crippen LogP contribution in [-0.2, 0) is 17.1 Å². The zero-order chi connectivity index (χ0) is 23.0. The molecule has 3 rings (SSSR count). The summed E-state index contributed by atoms with van der Waals surface area (Å²) in [7, 11) is 0. The number of hydrogen-bond acceptors (Lipinski definition) is 5. The van der Waals surface area contributed by atoms with E-state index in [-0.39, 0.29) is 5.57 Å². The smallest absolute Gasteiger partial charge is 0.366 e. The second-order valence-corrected chi connectivity index (χ2v) is 6.27. The topological polar surface area (TPSA) is 99.6 Å². The number of amides is 1. The summed E-state index contributed by atoms with van der Waals surface area (Å²) in [4.78, 5) is 22.2. The Morgan fingerprint density at radius 1 is 1.03 bits per heavy atom. The average Bonchev–Trinajstić information content (AvgIpc) is 3.14. The van der Waals surface area contributed by atoms with Crippen LogP contribution in [0.3, 0.4) is 0 Å². The Morgan fingerprint density at radius 2 is 1.65 bits per heavy atom. The van der Waals surface area contributed by atoms with E-state index in [1.807, 2.05) is 0 Å². The number of pyridine rings is 2. The third kappa shape index (κ3) is 5.05. The summed E-state index contributed by atoms with van der Waals surface area (Å²) in [6.07, 6.45) is -6.73. The molecule has 0 aliphatic rings. The van der Waals surface area contributed by atoms with E-state index >= 15 is 0 Å². The highest BCUT2D eigenvalue weighted by Gasteiger charge is 2.39. The van der Waals surface area contributed by atoms with Crippen LogP contribution in [-0.4, -0.2) is 30.6 Å². The molecule has 0 aliphatic carbocycles. The van der Waals surface area contributed by atoms with Crippen LogP contribution in [0.25, 0.3) is 23.2 Å². The molecule has 162 valence electrons. The molecule has 0 saturated carbocycles. The van der Waals surface area contributed by atoms with Gasteiger partial charge in [-0.3, -0.25) is 9.78 Å². The maximum absolute atomic E-state index is 13.0. The summed E-state index contributed by atoms with van der Waals surface area (Å²) < 4.78 is 78.9. The van der Waals surface area contributed by atoms with Gasteiger partial charge >= 0.3 is 12.4 Å². The first-order chi connectivity index (χ1) is 14.3. The highest BCUT2D eigenvalue weighted by molar-refractivity contribution is 6.22. The predicted molar refractivity (Wildman–Crippen MR) is 95.6 cm³/mol. The molecule has 3 aromatic rings. The number of hydrogen-bond donors (Lipinski definition) is 1. The molecule has 3 aromatic heterocycles. The Balaban J connectivity index is 2.06. The molecule has 0 bridgehead atoms. The van der Waals surface area contributed by atoms with E-state index in [9.17, 15) is 31.1 Å². The molecule has 2 N–H and O–H groups in total. The number of alkyl halides is 6. The van der Waals surface area contributed by atoms with Crippen molar-refractivity contribution in [3.63, 3.8) is 0 Å². The molecule has 1 amide bonds. The Hall–Kier alpha value is -3.77. The third-order valence-corrected chi connectivity index (χ3v) is 3.92. The molecule has 0 aromatic carbocycles. The van der Waals surface area contributed by atoms with Crippen molar-refractivity contribution >= 4 is 17.7 Å². The number of primary amides is 1. The predicted octanol–water partition coefficient (Wildman–Crippen LogP) is 3.56. The van der Waals surface area contributed by atoms with Crippen LogP contribution >= 0.6 is 0 Å². The number of aryl methyl sites for hydroxylation is 1. The van der Waals surface area contributed by atoms with Crippen LogP contribution < -0.4 is 5.73 Å². The van der Waals surface area contributed by atoms with E-state index in [4.69, 9.17) is 5.73 Å². The van der Waals surface area contributed by atoms with Gasteiger partial charge in [-0.05, 0) is 25.1 Å². The van der Waals surface area contributed by atoms with Gasteiger partial charge in [0.2, 0.25) is 0 Å². The summed E-state index contributed by atoms with van der Waals surface area (Å²) in [5.74, 6) is -1.30. The van der Waals surface area contributed by atoms with Crippen molar-refractivity contribution in [3.05, 3.63) is 59.4 Å². The maximum atomic E-state index is 13.0. The lowest BCUT2D eigenvalue weighted by Crippen LogP contribution is -2.15. The molecule has 13 heteroatoms. The number of aromatic nitrogens is 5. The maximum Gasteiger partial charge on any atom is 0.433 e. The summed E-state index contributed by atoms with van der Waals surface area (Å²) in [6.45, 7) is 1.72. The van der Waals surface area contributed by atoms with Crippen molar-refractivity contribution in [2.24, 2.45) is 5.73 Å². The Morgan fingerprint density at radius 3 is 2.13 bits per heavy atom. The van der Waals surface area contributed by atoms with Crippen LogP contribution in [0.4, 0.5) is 26.3 Å². The Labute approximate surface area is 170 Å². The van der Waals surface area contributed by atoms with E-state index in [0.717, 1.165) is 17.2 Å². The van der Waals surface area contributed by atoms with Crippen LogP contribution in [0.1, 0.15) is 22.6 Å². The van der Waals surface area contributed by atoms with Crippen molar-refractivity contribution < 1.29 is 31.1 Å². The number of rotatable bonds is 4. The van der Waals surface area contributed by atoms with Gasteiger partial charge in [0.1, 0.15) is 17.7 Å². The fourth-order valence-electron chi connectivity index (χ4n) is 2.46. The summed E-state index contributed by atoms with van der Waals surface area (Å²) >= 11 is 0. The van der Waals surface area contributed by atoms with Gasteiger partial charge in [0.15, 0.2) is 5.82 Å². The first-order valence-electron chi connectivity index (χ1n) is 8.37. The van der Waals surface area contributed by atoms with Gasteiger partial charge in [0, 0.05) is 29.2 Å². The monoisotopic (exact) mass is 442 g/mol. The van der Waals surface area contributed by atoms with Crippen molar-refractivity contribution in [1.29, 1.82) is 0 Å². The van der Waals surface area contributed by atoms with Crippen molar-refractivity contribution in [3.8, 4) is 11.4 Å². The summed E-state index contributed by atoms with van der Waals surface area (Å²) in [5, 5.41) is 3.83. The van der Waals surface area contributed by atoms with E-state index in [1.165, 1.54) is 6.20 Å². The quantitative estimate of drug-likeness (QED) is 0.492. The van der Waals surface area contributed by atoms with Crippen LogP contribution in [0, 0.1) is 6.92 Å². The van der Waals surface area contributed by atoms with E-state index < -0.39 is 41.0 Å². The molecule has 0 aliphatic heterocycles. The largest absolute Gasteiger partial charge is 0.433 e. The first-order valence-corrected chi connectivity index (χ1v) is 8.37. The van der Waals surface area contributed by atoms with Gasteiger partial charge in [0.25, 0.3) is 5.91 Å². The molecule has 0 spiro atoms. The fraction of sp³-hybridized carbons (Fsp3) is 0.167. The van der Waals surface area contributed by atoms with Gasteiger partial charge in [0.05, 0.1) is 5.57 Å². The fourth-order valence-corrected chi connectivity index (χ4v) is 2.46. The zero-order valence-electron chi connectivity index (χ0n) is 15.5. The minimum Gasteiger partial charge on any atom is -0.366 e. The van der Waals surface area contributed by atoms with Gasteiger partial charge in [-0.2, -0.15) is 26.3 Å². The Bertz CT molecular complexity index is 1120. The lowest BCUT2D eigenvalue weighted by molar-refractivity contribution is -0.150. The molecule has 0 fully saturated rings. The molecule has 0 saturated heterocycles. The van der Waals surface area contributed by atoms with E-state index in [1.54, 1.807) is 19.1 Å². The van der Waals surface area contributed by atoms with Gasteiger partial charge in [-0.25, -0.2) is 14.6 Å². The summed E-state index contributed by atoms with van der Waals surface area (Å²) in [6, 6.07) is 3.98. The van der Waals surface area contributed by atoms with E-state index in [2.05, 4.69) is 20.1 Å². The third-order valence-electron chi connectivity index (χ3n) is 3.92. The number of carbonyl (C=O) groups is 1.